The molecule has 0 aliphatic heterocycles. The summed E-state index contributed by atoms with van der Waals surface area (Å²) in [6.07, 6.45) is 0. The fourth-order valence-corrected chi connectivity index (χ4v) is 2.80. The molecule has 0 aliphatic rings. The highest BCUT2D eigenvalue weighted by Crippen LogP contribution is 2.34. The molecule has 5 N–H and O–H groups in total. The first-order chi connectivity index (χ1) is 10.7. The normalized spacial score (nSPS) is 10.6. The molecular weight excluding hydrogens is 368 g/mol. The van der Waals surface area contributed by atoms with Crippen molar-refractivity contribution < 1.29 is 19.8 Å². The number of rotatable bonds is 3. The van der Waals surface area contributed by atoms with Gasteiger partial charge in [0.1, 0.15) is 16.9 Å². The van der Waals surface area contributed by atoms with Gasteiger partial charge >= 0.3 is 11.9 Å². The Bertz CT molecular complexity index is 902. The predicted molar refractivity (Wildman–Crippen MR) is 88.0 cm³/mol. The van der Waals surface area contributed by atoms with E-state index in [1.807, 2.05) is 0 Å². The Balaban J connectivity index is 3.07. The minimum absolute atomic E-state index is 0.195. The largest absolute Gasteiger partial charge is 0.478 e. The van der Waals surface area contributed by atoms with Crippen molar-refractivity contribution in [1.82, 2.24) is 4.98 Å². The number of aromatic carboxylic acids is 2. The zero-order valence-corrected chi connectivity index (χ0v) is 13.8. The third kappa shape index (κ3) is 2.72. The number of aromatic nitrogens is 1. The Morgan fingerprint density at radius 2 is 1.65 bits per heavy atom. The van der Waals surface area contributed by atoms with E-state index in [1.165, 1.54) is 0 Å². The summed E-state index contributed by atoms with van der Waals surface area (Å²) in [7, 11) is 0. The maximum atomic E-state index is 12.0. The summed E-state index contributed by atoms with van der Waals surface area (Å²) in [5.74, 6) is -3.33. The second-order valence-electron chi connectivity index (χ2n) is 4.95. The summed E-state index contributed by atoms with van der Waals surface area (Å²) in [5, 5.41) is 18.8. The van der Waals surface area contributed by atoms with Gasteiger partial charge in [-0.2, -0.15) is 0 Å². The highest BCUT2D eigenvalue weighted by molar-refractivity contribution is 9.10. The second kappa shape index (κ2) is 5.88. The van der Waals surface area contributed by atoms with Gasteiger partial charge < -0.3 is 20.9 Å². The van der Waals surface area contributed by atoms with E-state index in [-0.39, 0.29) is 11.4 Å². The molecule has 1 aromatic carbocycles. The van der Waals surface area contributed by atoms with E-state index in [9.17, 15) is 24.6 Å². The van der Waals surface area contributed by atoms with Gasteiger partial charge in [0, 0.05) is 10.0 Å². The summed E-state index contributed by atoms with van der Waals surface area (Å²) in [6, 6.07) is 3.21. The van der Waals surface area contributed by atoms with Crippen molar-refractivity contribution in [3.63, 3.8) is 0 Å². The van der Waals surface area contributed by atoms with Crippen molar-refractivity contribution in [2.45, 2.75) is 13.8 Å². The van der Waals surface area contributed by atoms with Gasteiger partial charge in [-0.3, -0.25) is 4.79 Å². The van der Waals surface area contributed by atoms with Gasteiger partial charge in [-0.1, -0.05) is 22.0 Å². The van der Waals surface area contributed by atoms with Gasteiger partial charge in [0.2, 0.25) is 0 Å². The maximum Gasteiger partial charge on any atom is 0.342 e. The molecular formula is C15H13BrN2O5. The van der Waals surface area contributed by atoms with Crippen molar-refractivity contribution in [3.8, 4) is 11.1 Å². The number of aromatic amines is 1. The van der Waals surface area contributed by atoms with Gasteiger partial charge in [0.05, 0.1) is 0 Å². The van der Waals surface area contributed by atoms with Crippen LogP contribution >= 0.6 is 15.9 Å². The Morgan fingerprint density at radius 1 is 1.09 bits per heavy atom. The molecule has 0 saturated carbocycles. The number of nitrogens with one attached hydrogen (secondary N) is 1. The number of H-pyrrole nitrogens is 1. The number of hydrogen-bond donors (Lipinski definition) is 4. The standard InChI is InChI=1S/C15H13BrN2O5/c1-5-6(2)8(16)4-3-7(5)9-10(14(20)21)12(17)18-13(19)11(9)15(22)23/h3-4H,1-2H3,(H,20,21)(H,22,23)(H3,17,18,19). The lowest BCUT2D eigenvalue weighted by Gasteiger charge is -2.16. The highest BCUT2D eigenvalue weighted by Gasteiger charge is 2.27. The van der Waals surface area contributed by atoms with Gasteiger partial charge in [-0.05, 0) is 36.6 Å². The molecule has 0 fully saturated rings. The van der Waals surface area contributed by atoms with E-state index in [0.29, 0.717) is 11.1 Å². The van der Waals surface area contributed by atoms with Crippen LogP contribution in [0.15, 0.2) is 21.4 Å². The molecule has 0 unspecified atom stereocenters. The van der Waals surface area contributed by atoms with Crippen molar-refractivity contribution in [1.29, 1.82) is 0 Å². The molecule has 2 aromatic rings. The zero-order valence-electron chi connectivity index (χ0n) is 12.2. The first-order valence-electron chi connectivity index (χ1n) is 6.45. The molecule has 0 radical (unpaired) electrons. The van der Waals surface area contributed by atoms with Crippen molar-refractivity contribution in [3.05, 3.63) is 49.2 Å². The van der Waals surface area contributed by atoms with Crippen LogP contribution in [0, 0.1) is 13.8 Å². The molecule has 8 heteroatoms. The maximum absolute atomic E-state index is 12.0. The SMILES string of the molecule is Cc1c(Br)ccc(-c2c(C(=O)O)c(N)[nH]c(=O)c2C(=O)O)c1C. The number of nitrogens with two attached hydrogens (primary N) is 1. The quantitative estimate of drug-likeness (QED) is 0.645. The van der Waals surface area contributed by atoms with E-state index in [0.717, 1.165) is 10.0 Å². The molecule has 0 saturated heterocycles. The number of nitrogen functional groups attached to an aromatic ring is 1. The second-order valence-corrected chi connectivity index (χ2v) is 5.80. The van der Waals surface area contributed by atoms with E-state index in [1.54, 1.807) is 26.0 Å². The molecule has 0 amide bonds. The summed E-state index contributed by atoms with van der Waals surface area (Å²) in [6.45, 7) is 3.50. The molecule has 0 spiro atoms. The van der Waals surface area contributed by atoms with E-state index >= 15 is 0 Å². The molecule has 0 aliphatic carbocycles. The molecule has 0 bridgehead atoms. The third-order valence-electron chi connectivity index (χ3n) is 3.66. The summed E-state index contributed by atoms with van der Waals surface area (Å²) in [5.41, 5.74) is 5.15. The van der Waals surface area contributed by atoms with Gasteiger partial charge in [-0.15, -0.1) is 0 Å². The summed E-state index contributed by atoms with van der Waals surface area (Å²) < 4.78 is 0.783. The minimum atomic E-state index is -1.52. The highest BCUT2D eigenvalue weighted by atomic mass is 79.9. The van der Waals surface area contributed by atoms with Crippen LogP contribution in [0.3, 0.4) is 0 Å². The topological polar surface area (TPSA) is 133 Å². The van der Waals surface area contributed by atoms with Crippen LogP contribution in [0.1, 0.15) is 31.8 Å². The third-order valence-corrected chi connectivity index (χ3v) is 4.52. The van der Waals surface area contributed by atoms with E-state index in [2.05, 4.69) is 20.9 Å². The molecule has 120 valence electrons. The number of hydrogen-bond acceptors (Lipinski definition) is 4. The number of carboxylic acids is 2. The number of halogens is 1. The molecule has 0 atom stereocenters. The van der Waals surface area contributed by atoms with Gasteiger partial charge in [-0.25, -0.2) is 9.59 Å². The van der Waals surface area contributed by atoms with Crippen LogP contribution in [-0.2, 0) is 0 Å². The van der Waals surface area contributed by atoms with Crippen molar-refractivity contribution in [2.75, 3.05) is 5.73 Å². The monoisotopic (exact) mass is 380 g/mol. The van der Waals surface area contributed by atoms with E-state index < -0.39 is 28.6 Å². The summed E-state index contributed by atoms with van der Waals surface area (Å²) in [4.78, 5) is 37.1. The minimum Gasteiger partial charge on any atom is -0.478 e. The lowest BCUT2D eigenvalue weighted by molar-refractivity contribution is 0.0695. The lowest BCUT2D eigenvalue weighted by Crippen LogP contribution is -2.24. The first-order valence-corrected chi connectivity index (χ1v) is 7.24. The molecule has 23 heavy (non-hydrogen) atoms. The van der Waals surface area contributed by atoms with Crippen LogP contribution in [0.2, 0.25) is 0 Å². The predicted octanol–water partition coefficient (Wildman–Crippen LogP) is 2.40. The molecule has 2 rings (SSSR count). The van der Waals surface area contributed by atoms with Gasteiger partial charge in [0.25, 0.3) is 5.56 Å². The van der Waals surface area contributed by atoms with Crippen LogP contribution < -0.4 is 11.3 Å². The Labute approximate surface area is 138 Å². The zero-order chi connectivity index (χ0) is 17.5. The van der Waals surface area contributed by atoms with Crippen LogP contribution in [0.25, 0.3) is 11.1 Å². The van der Waals surface area contributed by atoms with Crippen LogP contribution in [0.4, 0.5) is 5.82 Å². The van der Waals surface area contributed by atoms with Crippen LogP contribution in [0.5, 0.6) is 0 Å². The lowest BCUT2D eigenvalue weighted by atomic mass is 9.90. The smallest absolute Gasteiger partial charge is 0.342 e. The fraction of sp³-hybridized carbons (Fsp3) is 0.133. The van der Waals surface area contributed by atoms with Gasteiger partial charge in [0.15, 0.2) is 0 Å². The molecule has 1 aromatic heterocycles. The number of pyridine rings is 1. The Hall–Kier alpha value is -2.61. The Morgan fingerprint density at radius 3 is 2.17 bits per heavy atom. The fourth-order valence-electron chi connectivity index (χ4n) is 2.37. The average molecular weight is 381 g/mol. The summed E-state index contributed by atoms with van der Waals surface area (Å²) >= 11 is 3.35. The number of carboxylic acid groups (broad SMARTS) is 2. The average Bonchev–Trinajstić information content (AvgIpc) is 2.43. The van der Waals surface area contributed by atoms with Crippen molar-refractivity contribution >= 4 is 33.7 Å². The first kappa shape index (κ1) is 16.8. The molecule has 1 heterocycles. The number of carbonyl (C=O) groups is 2. The molecule has 7 nitrogen and oxygen atoms in total. The number of benzene rings is 1. The van der Waals surface area contributed by atoms with Crippen molar-refractivity contribution in [2.24, 2.45) is 0 Å². The number of anilines is 1. The van der Waals surface area contributed by atoms with E-state index in [4.69, 9.17) is 5.73 Å². The van der Waals surface area contributed by atoms with Crippen LogP contribution in [-0.4, -0.2) is 27.1 Å². The Kier molecular flexibility index (Phi) is 4.28.